The van der Waals surface area contributed by atoms with Crippen molar-refractivity contribution >= 4 is 5.91 Å². The van der Waals surface area contributed by atoms with Gasteiger partial charge in [0.05, 0.1) is 0 Å². The molecular weight excluding hydrogens is 333 g/mol. The Morgan fingerprint density at radius 3 is 2.77 bits per heavy atom. The third-order valence-electron chi connectivity index (χ3n) is 4.00. The van der Waals surface area contributed by atoms with Crippen LogP contribution in [-0.2, 0) is 11.8 Å². The number of rotatable bonds is 6. The van der Waals surface area contributed by atoms with Crippen LogP contribution in [0.5, 0.6) is 5.75 Å². The van der Waals surface area contributed by atoms with E-state index >= 15 is 0 Å². The van der Waals surface area contributed by atoms with Gasteiger partial charge in [0, 0.05) is 25.0 Å². The zero-order valence-corrected chi connectivity index (χ0v) is 14.6. The summed E-state index contributed by atoms with van der Waals surface area (Å²) < 4.78 is 21.6. The SMILES string of the molecule is Cc1cccc(OCC(=O)N[C@H](c2ccccc2F)c2nccn2C)c1. The van der Waals surface area contributed by atoms with E-state index in [0.29, 0.717) is 17.1 Å². The monoisotopic (exact) mass is 353 g/mol. The van der Waals surface area contributed by atoms with Gasteiger partial charge in [0.25, 0.3) is 5.91 Å². The molecule has 0 saturated carbocycles. The summed E-state index contributed by atoms with van der Waals surface area (Å²) in [5.41, 5.74) is 1.39. The highest BCUT2D eigenvalue weighted by molar-refractivity contribution is 5.78. The molecule has 0 aliphatic heterocycles. The second-order valence-electron chi connectivity index (χ2n) is 6.02. The first-order valence-corrected chi connectivity index (χ1v) is 8.25. The third kappa shape index (κ3) is 4.08. The summed E-state index contributed by atoms with van der Waals surface area (Å²) in [6.07, 6.45) is 3.36. The number of imidazole rings is 1. The fraction of sp³-hybridized carbons (Fsp3) is 0.200. The number of aryl methyl sites for hydroxylation is 2. The highest BCUT2D eigenvalue weighted by Gasteiger charge is 2.23. The van der Waals surface area contributed by atoms with Crippen LogP contribution in [0.25, 0.3) is 0 Å². The second-order valence-corrected chi connectivity index (χ2v) is 6.02. The molecule has 0 fully saturated rings. The number of aromatic nitrogens is 2. The molecule has 1 amide bonds. The molecule has 0 spiro atoms. The summed E-state index contributed by atoms with van der Waals surface area (Å²) >= 11 is 0. The molecule has 1 aromatic heterocycles. The van der Waals surface area contributed by atoms with E-state index in [4.69, 9.17) is 4.74 Å². The summed E-state index contributed by atoms with van der Waals surface area (Å²) in [6.45, 7) is 1.78. The lowest BCUT2D eigenvalue weighted by atomic mass is 10.1. The Hall–Kier alpha value is -3.15. The van der Waals surface area contributed by atoms with Gasteiger partial charge in [-0.1, -0.05) is 30.3 Å². The number of hydrogen-bond donors (Lipinski definition) is 1. The Morgan fingerprint density at radius 1 is 1.27 bits per heavy atom. The number of hydrogen-bond acceptors (Lipinski definition) is 3. The summed E-state index contributed by atoms with van der Waals surface area (Å²) in [6, 6.07) is 13.1. The van der Waals surface area contributed by atoms with Crippen molar-refractivity contribution in [2.75, 3.05) is 6.61 Å². The van der Waals surface area contributed by atoms with Gasteiger partial charge in [-0.3, -0.25) is 4.79 Å². The highest BCUT2D eigenvalue weighted by atomic mass is 19.1. The molecule has 3 aromatic rings. The molecule has 1 atom stereocenters. The van der Waals surface area contributed by atoms with Gasteiger partial charge >= 0.3 is 0 Å². The van der Waals surface area contributed by atoms with Gasteiger partial charge in [0.2, 0.25) is 0 Å². The predicted molar refractivity (Wildman–Crippen MR) is 96.3 cm³/mol. The smallest absolute Gasteiger partial charge is 0.258 e. The number of ether oxygens (including phenoxy) is 1. The molecule has 2 aromatic carbocycles. The third-order valence-corrected chi connectivity index (χ3v) is 4.00. The van der Waals surface area contributed by atoms with E-state index in [0.717, 1.165) is 5.56 Å². The van der Waals surface area contributed by atoms with E-state index in [1.807, 2.05) is 25.1 Å². The zero-order valence-electron chi connectivity index (χ0n) is 14.6. The molecule has 6 heteroatoms. The number of nitrogens with one attached hydrogen (secondary N) is 1. The van der Waals surface area contributed by atoms with Gasteiger partial charge in [0.15, 0.2) is 6.61 Å². The first-order chi connectivity index (χ1) is 12.5. The molecule has 0 saturated heterocycles. The average molecular weight is 353 g/mol. The van der Waals surface area contributed by atoms with Crippen molar-refractivity contribution in [3.8, 4) is 5.75 Å². The molecule has 3 rings (SSSR count). The topological polar surface area (TPSA) is 56.1 Å². The number of carbonyl (C=O) groups excluding carboxylic acids is 1. The Kier molecular flexibility index (Phi) is 5.31. The number of nitrogens with zero attached hydrogens (tertiary/aromatic N) is 2. The van der Waals surface area contributed by atoms with E-state index in [2.05, 4.69) is 10.3 Å². The van der Waals surface area contributed by atoms with Crippen LogP contribution in [0.2, 0.25) is 0 Å². The summed E-state index contributed by atoms with van der Waals surface area (Å²) in [5, 5.41) is 2.81. The molecule has 134 valence electrons. The molecule has 5 nitrogen and oxygen atoms in total. The van der Waals surface area contributed by atoms with Crippen LogP contribution in [0.3, 0.4) is 0 Å². The molecule has 0 unspecified atom stereocenters. The Morgan fingerprint density at radius 2 is 2.08 bits per heavy atom. The van der Waals surface area contributed by atoms with Crippen LogP contribution in [0, 0.1) is 12.7 Å². The van der Waals surface area contributed by atoms with Crippen LogP contribution >= 0.6 is 0 Å². The largest absolute Gasteiger partial charge is 0.484 e. The van der Waals surface area contributed by atoms with Gasteiger partial charge in [-0.15, -0.1) is 0 Å². The predicted octanol–water partition coefficient (Wildman–Crippen LogP) is 3.15. The fourth-order valence-corrected chi connectivity index (χ4v) is 2.70. The second kappa shape index (κ2) is 7.82. The van der Waals surface area contributed by atoms with Crippen molar-refractivity contribution in [3.05, 3.63) is 83.7 Å². The van der Waals surface area contributed by atoms with Crippen LogP contribution in [0.1, 0.15) is 23.0 Å². The van der Waals surface area contributed by atoms with E-state index in [1.165, 1.54) is 6.07 Å². The minimum absolute atomic E-state index is 0.168. The number of benzene rings is 2. The molecular formula is C20H20FN3O2. The fourth-order valence-electron chi connectivity index (χ4n) is 2.70. The van der Waals surface area contributed by atoms with Crippen LogP contribution < -0.4 is 10.1 Å². The van der Waals surface area contributed by atoms with Crippen molar-refractivity contribution in [2.24, 2.45) is 7.05 Å². The Labute approximate surface area is 151 Å². The molecule has 0 aliphatic rings. The number of carbonyl (C=O) groups is 1. The molecule has 26 heavy (non-hydrogen) atoms. The maximum Gasteiger partial charge on any atom is 0.258 e. The zero-order chi connectivity index (χ0) is 18.5. The minimum Gasteiger partial charge on any atom is -0.484 e. The lowest BCUT2D eigenvalue weighted by Crippen LogP contribution is -2.35. The molecule has 1 heterocycles. The summed E-state index contributed by atoms with van der Waals surface area (Å²) in [5.74, 6) is 0.391. The lowest BCUT2D eigenvalue weighted by molar-refractivity contribution is -0.123. The molecule has 0 bridgehead atoms. The van der Waals surface area contributed by atoms with Gasteiger partial charge in [0.1, 0.15) is 23.4 Å². The van der Waals surface area contributed by atoms with Crippen molar-refractivity contribution < 1.29 is 13.9 Å². The standard InChI is InChI=1S/C20H20FN3O2/c1-14-6-5-7-15(12-14)26-13-18(25)23-19(20-22-10-11-24(20)2)16-8-3-4-9-17(16)21/h3-12,19H,13H2,1-2H3,(H,23,25)/t19-/m1/s1. The van der Waals surface area contributed by atoms with Gasteiger partial charge in [-0.2, -0.15) is 0 Å². The highest BCUT2D eigenvalue weighted by Crippen LogP contribution is 2.23. The van der Waals surface area contributed by atoms with Gasteiger partial charge in [-0.05, 0) is 30.7 Å². The Bertz CT molecular complexity index is 907. The lowest BCUT2D eigenvalue weighted by Gasteiger charge is -2.20. The maximum atomic E-state index is 14.3. The van der Waals surface area contributed by atoms with E-state index < -0.39 is 11.9 Å². The van der Waals surface area contributed by atoms with Gasteiger partial charge in [-0.25, -0.2) is 9.37 Å². The minimum atomic E-state index is -0.704. The van der Waals surface area contributed by atoms with Gasteiger partial charge < -0.3 is 14.6 Å². The summed E-state index contributed by atoms with van der Waals surface area (Å²) in [4.78, 5) is 16.7. The normalized spacial score (nSPS) is 11.8. The molecule has 0 aliphatic carbocycles. The average Bonchev–Trinajstić information content (AvgIpc) is 3.04. The van der Waals surface area contributed by atoms with Crippen molar-refractivity contribution in [1.82, 2.24) is 14.9 Å². The van der Waals surface area contributed by atoms with Crippen LogP contribution in [0.4, 0.5) is 4.39 Å². The molecule has 1 N–H and O–H groups in total. The Balaban J connectivity index is 1.77. The first kappa shape index (κ1) is 17.7. The molecule has 0 radical (unpaired) electrons. The first-order valence-electron chi connectivity index (χ1n) is 8.25. The maximum absolute atomic E-state index is 14.3. The van der Waals surface area contributed by atoms with Crippen molar-refractivity contribution in [1.29, 1.82) is 0 Å². The van der Waals surface area contributed by atoms with Crippen molar-refractivity contribution in [2.45, 2.75) is 13.0 Å². The number of halogens is 1. The number of amides is 1. The summed E-state index contributed by atoms with van der Waals surface area (Å²) in [7, 11) is 1.80. The van der Waals surface area contributed by atoms with E-state index in [1.54, 1.807) is 48.3 Å². The van der Waals surface area contributed by atoms with Crippen LogP contribution in [-0.4, -0.2) is 22.1 Å². The van der Waals surface area contributed by atoms with Crippen LogP contribution in [0.15, 0.2) is 60.9 Å². The quantitative estimate of drug-likeness (QED) is 0.741. The van der Waals surface area contributed by atoms with Crippen molar-refractivity contribution in [3.63, 3.8) is 0 Å². The van der Waals surface area contributed by atoms with E-state index in [-0.39, 0.29) is 12.5 Å². The van der Waals surface area contributed by atoms with E-state index in [9.17, 15) is 9.18 Å².